The predicted octanol–water partition coefficient (Wildman–Crippen LogP) is 6.14. The van der Waals surface area contributed by atoms with Crippen LogP contribution in [0.5, 0.6) is 0 Å². The van der Waals surface area contributed by atoms with E-state index in [1.54, 1.807) is 45.9 Å². The molecule has 1 heterocycles. The highest BCUT2D eigenvalue weighted by Gasteiger charge is 2.28. The lowest BCUT2D eigenvalue weighted by Crippen LogP contribution is -2.38. The maximum Gasteiger partial charge on any atom is 0.411 e. The second-order valence-corrected chi connectivity index (χ2v) is 13.6. The summed E-state index contributed by atoms with van der Waals surface area (Å²) < 4.78 is 32.4. The SMILES string of the molecule is CC(C)OC(=O)Nc1ccc(-c2nnc(C3CCC(NC(=O)OC(C)C)CC3)s2)c(S(=N)(=O)C(C)C)c1. The number of aromatic nitrogens is 2. The van der Waals surface area contributed by atoms with Crippen molar-refractivity contribution in [3.63, 3.8) is 0 Å². The van der Waals surface area contributed by atoms with Gasteiger partial charge in [-0.15, -0.1) is 10.2 Å². The zero-order chi connectivity index (χ0) is 27.3. The largest absolute Gasteiger partial charge is 0.447 e. The summed E-state index contributed by atoms with van der Waals surface area (Å²) in [5.74, 6) is 0.214. The maximum absolute atomic E-state index is 13.4. The fraction of sp³-hybridized carbons (Fsp3) is 0.600. The van der Waals surface area contributed by atoms with Crippen LogP contribution in [0.25, 0.3) is 10.6 Å². The molecule has 0 saturated heterocycles. The first-order valence-electron chi connectivity index (χ1n) is 12.6. The van der Waals surface area contributed by atoms with Crippen LogP contribution in [-0.2, 0) is 19.2 Å². The van der Waals surface area contributed by atoms with Gasteiger partial charge in [-0.3, -0.25) is 5.32 Å². The Morgan fingerprint density at radius 2 is 1.62 bits per heavy atom. The molecule has 1 aromatic carbocycles. The summed E-state index contributed by atoms with van der Waals surface area (Å²) >= 11 is 1.43. The van der Waals surface area contributed by atoms with Gasteiger partial charge in [0.15, 0.2) is 0 Å². The van der Waals surface area contributed by atoms with Crippen LogP contribution in [0.4, 0.5) is 15.3 Å². The predicted molar refractivity (Wildman–Crippen MR) is 145 cm³/mol. The van der Waals surface area contributed by atoms with E-state index in [0.717, 1.165) is 30.7 Å². The number of rotatable bonds is 8. The number of hydrogen-bond acceptors (Lipinski definition) is 9. The van der Waals surface area contributed by atoms with Gasteiger partial charge in [-0.05, 0) is 85.4 Å². The highest BCUT2D eigenvalue weighted by Crippen LogP contribution is 2.39. The van der Waals surface area contributed by atoms with Gasteiger partial charge in [-0.2, -0.15) is 0 Å². The first kappa shape index (κ1) is 28.8. The van der Waals surface area contributed by atoms with Crippen LogP contribution in [-0.4, -0.2) is 50.1 Å². The lowest BCUT2D eigenvalue weighted by molar-refractivity contribution is 0.109. The van der Waals surface area contributed by atoms with Gasteiger partial charge >= 0.3 is 12.2 Å². The van der Waals surface area contributed by atoms with E-state index in [1.807, 2.05) is 13.8 Å². The van der Waals surface area contributed by atoms with Gasteiger partial charge in [0.05, 0.1) is 26.8 Å². The number of carbonyl (C=O) groups is 2. The Bertz CT molecular complexity index is 1200. The Hall–Kier alpha value is -2.73. The normalized spacial score (nSPS) is 19.5. The van der Waals surface area contributed by atoms with Crippen molar-refractivity contribution in [3.05, 3.63) is 23.2 Å². The third kappa shape index (κ3) is 7.64. The van der Waals surface area contributed by atoms with Crippen LogP contribution in [0.3, 0.4) is 0 Å². The average molecular weight is 552 g/mol. The van der Waals surface area contributed by atoms with Gasteiger partial charge in [0, 0.05) is 28.5 Å². The van der Waals surface area contributed by atoms with Crippen molar-refractivity contribution in [1.82, 2.24) is 15.5 Å². The summed E-state index contributed by atoms with van der Waals surface area (Å²) in [6.07, 6.45) is 1.91. The highest BCUT2D eigenvalue weighted by molar-refractivity contribution is 7.93. The van der Waals surface area contributed by atoms with Crippen LogP contribution in [0.15, 0.2) is 23.1 Å². The molecule has 3 rings (SSSR count). The summed E-state index contributed by atoms with van der Waals surface area (Å²) in [7, 11) is -3.19. The third-order valence-electron chi connectivity index (χ3n) is 5.97. The second-order valence-electron chi connectivity index (χ2n) is 10.0. The monoisotopic (exact) mass is 551 g/mol. The molecule has 0 radical (unpaired) electrons. The zero-order valence-corrected chi connectivity index (χ0v) is 23.8. The minimum absolute atomic E-state index is 0.0722. The van der Waals surface area contributed by atoms with Gasteiger partial charge in [-0.1, -0.05) is 11.3 Å². The number of alkyl carbamates (subject to hydrolysis) is 1. The van der Waals surface area contributed by atoms with E-state index in [4.69, 9.17) is 14.3 Å². The molecule has 1 aliphatic rings. The smallest absolute Gasteiger partial charge is 0.411 e. The fourth-order valence-electron chi connectivity index (χ4n) is 4.05. The van der Waals surface area contributed by atoms with E-state index in [2.05, 4.69) is 20.8 Å². The first-order chi connectivity index (χ1) is 17.4. The van der Waals surface area contributed by atoms with E-state index in [9.17, 15) is 13.8 Å². The Balaban J connectivity index is 1.79. The van der Waals surface area contributed by atoms with E-state index < -0.39 is 21.1 Å². The Morgan fingerprint density at radius 1 is 1.00 bits per heavy atom. The van der Waals surface area contributed by atoms with Gasteiger partial charge in [0.25, 0.3) is 0 Å². The van der Waals surface area contributed by atoms with Crippen LogP contribution >= 0.6 is 11.3 Å². The molecule has 0 spiro atoms. The molecule has 2 aromatic rings. The topological polar surface area (TPSA) is 143 Å². The lowest BCUT2D eigenvalue weighted by Gasteiger charge is -2.27. The molecule has 3 N–H and O–H groups in total. The molecule has 10 nitrogen and oxygen atoms in total. The maximum atomic E-state index is 13.4. The molecule has 1 aliphatic carbocycles. The molecule has 37 heavy (non-hydrogen) atoms. The van der Waals surface area contributed by atoms with Crippen LogP contribution in [0.1, 0.15) is 78.2 Å². The summed E-state index contributed by atoms with van der Waals surface area (Å²) in [5.41, 5.74) is 0.976. The number of nitrogens with one attached hydrogen (secondary N) is 3. The minimum Gasteiger partial charge on any atom is -0.447 e. The number of anilines is 1. The van der Waals surface area contributed by atoms with Crippen LogP contribution in [0, 0.1) is 4.78 Å². The van der Waals surface area contributed by atoms with Crippen molar-refractivity contribution in [2.45, 2.75) is 102 Å². The number of ether oxygens (including phenoxy) is 2. The number of benzene rings is 1. The van der Waals surface area contributed by atoms with E-state index in [-0.39, 0.29) is 30.3 Å². The van der Waals surface area contributed by atoms with Crippen molar-refractivity contribution in [1.29, 1.82) is 4.78 Å². The van der Waals surface area contributed by atoms with Gasteiger partial charge in [0.1, 0.15) is 10.0 Å². The molecule has 1 atom stereocenters. The molecule has 0 bridgehead atoms. The van der Waals surface area contributed by atoms with Crippen molar-refractivity contribution in [2.24, 2.45) is 0 Å². The molecule has 204 valence electrons. The Morgan fingerprint density at radius 3 is 2.22 bits per heavy atom. The fourth-order valence-corrected chi connectivity index (χ4v) is 6.47. The first-order valence-corrected chi connectivity index (χ1v) is 15.0. The molecule has 2 amide bonds. The highest BCUT2D eigenvalue weighted by atomic mass is 32.2. The van der Waals surface area contributed by atoms with E-state index in [0.29, 0.717) is 21.2 Å². The average Bonchev–Trinajstić information content (AvgIpc) is 3.28. The van der Waals surface area contributed by atoms with Crippen LogP contribution in [0.2, 0.25) is 0 Å². The molecule has 1 aromatic heterocycles. The molecule has 1 fully saturated rings. The van der Waals surface area contributed by atoms with E-state index >= 15 is 0 Å². The Labute approximate surface area is 222 Å². The molecule has 1 saturated carbocycles. The second kappa shape index (κ2) is 12.2. The van der Waals surface area contributed by atoms with Crippen molar-refractivity contribution in [2.75, 3.05) is 5.32 Å². The standard InChI is InChI=1S/C25H37N5O5S2/c1-14(2)34-24(31)27-18-9-7-17(8-10-18)22-29-30-23(36-22)20-12-11-19(28-25(32)35-15(3)4)13-21(20)37(26,33)16(5)6/h11-18,26H,7-10H2,1-6H3,(H,27,31)(H,28,32). The van der Waals surface area contributed by atoms with Crippen molar-refractivity contribution < 1.29 is 23.3 Å². The third-order valence-corrected chi connectivity index (χ3v) is 9.41. The molecular weight excluding hydrogens is 514 g/mol. The zero-order valence-electron chi connectivity index (χ0n) is 22.2. The van der Waals surface area contributed by atoms with Gasteiger partial charge < -0.3 is 14.8 Å². The summed E-state index contributed by atoms with van der Waals surface area (Å²) in [6, 6.07) is 5.05. The van der Waals surface area contributed by atoms with Gasteiger partial charge in [0.2, 0.25) is 0 Å². The molecule has 0 aliphatic heterocycles. The molecule has 1 unspecified atom stereocenters. The quantitative estimate of drug-likeness (QED) is 0.358. The summed E-state index contributed by atoms with van der Waals surface area (Å²) in [5, 5.41) is 15.4. The number of nitrogens with zero attached hydrogens (tertiary/aromatic N) is 2. The summed E-state index contributed by atoms with van der Waals surface area (Å²) in [4.78, 5) is 24.3. The Kier molecular flexibility index (Phi) is 9.51. The number of carbonyl (C=O) groups excluding carboxylic acids is 2. The molecule has 12 heteroatoms. The lowest BCUT2D eigenvalue weighted by atomic mass is 9.86. The van der Waals surface area contributed by atoms with Gasteiger partial charge in [-0.25, -0.2) is 18.6 Å². The van der Waals surface area contributed by atoms with Crippen LogP contribution < -0.4 is 10.6 Å². The number of amides is 2. The van der Waals surface area contributed by atoms with Crippen molar-refractivity contribution in [3.8, 4) is 10.6 Å². The summed E-state index contributed by atoms with van der Waals surface area (Å²) in [6.45, 7) is 10.6. The van der Waals surface area contributed by atoms with Crippen molar-refractivity contribution >= 4 is 38.9 Å². The van der Waals surface area contributed by atoms with E-state index in [1.165, 1.54) is 11.3 Å². The minimum atomic E-state index is -3.19. The number of hydrogen-bond donors (Lipinski definition) is 3. The molecular formula is C25H37N5O5S2.